The maximum Gasteiger partial charge on any atom is 0.475 e. The summed E-state index contributed by atoms with van der Waals surface area (Å²) in [4.78, 5) is 0. The van der Waals surface area contributed by atoms with E-state index in [0.717, 1.165) is 15.6 Å². The van der Waals surface area contributed by atoms with Gasteiger partial charge >= 0.3 is 61.6 Å². The van der Waals surface area contributed by atoms with Crippen LogP contribution >= 0.6 is 0 Å². The molecule has 0 radical (unpaired) electrons. The van der Waals surface area contributed by atoms with Crippen molar-refractivity contribution in [2.75, 3.05) is 0 Å². The van der Waals surface area contributed by atoms with E-state index in [4.69, 9.17) is 49.4 Å². The van der Waals surface area contributed by atoms with Crippen molar-refractivity contribution in [2.24, 2.45) is 0 Å². The Hall–Kier alpha value is -0.651. The van der Waals surface area contributed by atoms with Crippen LogP contribution in [0.25, 0.3) is 0 Å². The van der Waals surface area contributed by atoms with Gasteiger partial charge in [0, 0.05) is 45.8 Å². The lowest BCUT2D eigenvalue weighted by atomic mass is 10.4. The summed E-state index contributed by atoms with van der Waals surface area (Å²) in [5.74, 6) is 0. The molecule has 3 fully saturated rings. The van der Waals surface area contributed by atoms with Crippen LogP contribution in [0, 0.1) is 0 Å². The average molecular weight is 900 g/mol. The highest BCUT2D eigenvalue weighted by molar-refractivity contribution is 7.01. The van der Waals surface area contributed by atoms with Gasteiger partial charge in [-0.1, -0.05) is 91.0 Å². The first-order chi connectivity index (χ1) is 24.3. The Morgan fingerprint density at radius 1 is 0.321 bits per heavy atom. The Morgan fingerprint density at radius 2 is 0.509 bits per heavy atom. The third kappa shape index (κ3) is 9.73. The molecule has 0 unspecified atom stereocenters. The minimum absolute atomic E-state index is 1.08. The fourth-order valence-electron chi connectivity index (χ4n) is 7.55. The molecule has 0 aromatic heterocycles. The monoisotopic (exact) mass is 898 g/mol. The van der Waals surface area contributed by atoms with Crippen LogP contribution in [0.1, 0.15) is 0 Å². The quantitative estimate of drug-likeness (QED) is 0.252. The summed E-state index contributed by atoms with van der Waals surface area (Å²) in [6, 6.07) is 30.5. The Kier molecular flexibility index (Phi) is 11.3. The van der Waals surface area contributed by atoms with E-state index >= 15 is 0 Å². The van der Waals surface area contributed by atoms with Gasteiger partial charge in [0.05, 0.1) is 0 Å². The highest BCUT2D eigenvalue weighted by atomic mass is 28.6. The van der Waals surface area contributed by atoms with E-state index in [9.17, 15) is 0 Å². The van der Waals surface area contributed by atoms with Crippen molar-refractivity contribution in [2.45, 2.75) is 85.1 Å². The van der Waals surface area contributed by atoms with Crippen LogP contribution in [0.3, 0.4) is 0 Å². The molecule has 0 aliphatic carbocycles. The van der Waals surface area contributed by atoms with Crippen LogP contribution in [0.4, 0.5) is 0 Å². The van der Waals surface area contributed by atoms with E-state index in [1.165, 1.54) is 0 Å². The smallest absolute Gasteiger partial charge is 0.412 e. The average Bonchev–Trinajstić information content (AvgIpc) is 2.97. The van der Waals surface area contributed by atoms with E-state index < -0.39 is 86.6 Å². The molecule has 0 amide bonds. The second-order valence-corrected chi connectivity index (χ2v) is 48.6. The molecule has 22 heteroatoms. The Balaban J connectivity index is 1.50. The van der Waals surface area contributed by atoms with Gasteiger partial charge in [-0.2, -0.15) is 0 Å². The van der Waals surface area contributed by atoms with Gasteiger partial charge in [-0.25, -0.2) is 0 Å². The molecule has 0 saturated carbocycles. The van der Waals surface area contributed by atoms with E-state index in [1.807, 2.05) is 93.9 Å². The number of fused-ring (bicyclic) bond motifs is 3. The van der Waals surface area contributed by atoms with Gasteiger partial charge in [-0.15, -0.1) is 0 Å². The molecule has 12 nitrogen and oxygen atoms in total. The molecular weight excluding hydrogens is 845 g/mol. The molecule has 3 aromatic carbocycles. The van der Waals surface area contributed by atoms with Gasteiger partial charge in [-0.05, 0) is 54.8 Å². The zero-order chi connectivity index (χ0) is 38.8. The minimum atomic E-state index is -3.83. The summed E-state index contributed by atoms with van der Waals surface area (Å²) in [6.07, 6.45) is 0. The van der Waals surface area contributed by atoms with Crippen LogP contribution in [0.15, 0.2) is 91.0 Å². The highest BCUT2D eigenvalue weighted by Crippen LogP contribution is 2.44. The zero-order valence-corrected chi connectivity index (χ0v) is 43.1. The molecule has 0 spiro atoms. The predicted octanol–water partition coefficient (Wildman–Crippen LogP) is 5.54. The number of hydrogen-bond donors (Lipinski definition) is 0. The number of hydrogen-bond acceptors (Lipinski definition) is 12. The molecular formula is C31H54O12Si10. The molecule has 3 aliphatic heterocycles. The molecule has 53 heavy (non-hydrogen) atoms. The summed E-state index contributed by atoms with van der Waals surface area (Å²) >= 11 is 0. The lowest BCUT2D eigenvalue weighted by Crippen LogP contribution is -2.81. The topological polar surface area (TPSA) is 111 Å². The van der Waals surface area contributed by atoms with Crippen LogP contribution < -0.4 is 15.6 Å². The molecule has 6 rings (SSSR count). The molecule has 3 aliphatic rings. The second-order valence-electron chi connectivity index (χ2n) is 15.9. The second kappa shape index (κ2) is 14.3. The van der Waals surface area contributed by atoms with E-state index in [-0.39, 0.29) is 0 Å². The Labute approximate surface area is 325 Å². The van der Waals surface area contributed by atoms with Crippen molar-refractivity contribution in [3.63, 3.8) is 0 Å². The fourth-order valence-corrected chi connectivity index (χ4v) is 58.7. The van der Waals surface area contributed by atoms with E-state index in [1.54, 1.807) is 6.55 Å². The summed E-state index contributed by atoms with van der Waals surface area (Å²) in [7, 11) is -34.7. The van der Waals surface area contributed by atoms with Crippen molar-refractivity contribution < 1.29 is 49.4 Å². The number of rotatable bonds is 9. The van der Waals surface area contributed by atoms with E-state index in [2.05, 4.69) is 75.7 Å². The Morgan fingerprint density at radius 3 is 0.717 bits per heavy atom. The van der Waals surface area contributed by atoms with Gasteiger partial charge < -0.3 is 49.4 Å². The van der Waals surface area contributed by atoms with Crippen molar-refractivity contribution >= 4 is 102 Å². The summed E-state index contributed by atoms with van der Waals surface area (Å²) in [5, 5.41) is 3.23. The molecule has 3 heterocycles. The van der Waals surface area contributed by atoms with Crippen molar-refractivity contribution in [1.82, 2.24) is 0 Å². The van der Waals surface area contributed by atoms with Crippen molar-refractivity contribution in [1.29, 1.82) is 0 Å². The first-order valence-corrected chi connectivity index (χ1v) is 42.2. The summed E-state index contributed by atoms with van der Waals surface area (Å²) < 4.78 is 85.3. The largest absolute Gasteiger partial charge is 0.475 e. The lowest BCUT2D eigenvalue weighted by Gasteiger charge is -2.56. The van der Waals surface area contributed by atoms with Gasteiger partial charge in [0.25, 0.3) is 0 Å². The third-order valence-electron chi connectivity index (χ3n) is 9.07. The van der Waals surface area contributed by atoms with Crippen LogP contribution in [0.2, 0.25) is 85.1 Å². The fraction of sp³-hybridized carbons (Fsp3) is 0.419. The van der Waals surface area contributed by atoms with Crippen LogP contribution in [-0.2, 0) is 49.4 Å². The lowest BCUT2D eigenvalue weighted by molar-refractivity contribution is 0.0246. The van der Waals surface area contributed by atoms with Crippen LogP contribution in [0.5, 0.6) is 0 Å². The highest BCUT2D eigenvalue weighted by Gasteiger charge is 2.73. The first kappa shape index (κ1) is 42.0. The maximum atomic E-state index is 7.15. The van der Waals surface area contributed by atoms with Gasteiger partial charge in [0.2, 0.25) is 25.0 Å². The van der Waals surface area contributed by atoms with Gasteiger partial charge in [0.1, 0.15) is 0 Å². The van der Waals surface area contributed by atoms with Gasteiger partial charge in [0.15, 0.2) is 0 Å². The maximum absolute atomic E-state index is 7.15. The molecule has 0 atom stereocenters. The molecule has 3 aromatic rings. The predicted molar refractivity (Wildman–Crippen MR) is 225 cm³/mol. The Bertz CT molecular complexity index is 1540. The number of benzene rings is 3. The van der Waals surface area contributed by atoms with Crippen molar-refractivity contribution in [3.05, 3.63) is 91.0 Å². The molecule has 4 bridgehead atoms. The summed E-state index contributed by atoms with van der Waals surface area (Å²) in [6.45, 7) is 25.6. The molecule has 290 valence electrons. The van der Waals surface area contributed by atoms with Crippen molar-refractivity contribution in [3.8, 4) is 0 Å². The first-order valence-electron chi connectivity index (χ1n) is 17.9. The SMILES string of the molecule is C[Si]12O[Si]3(C)O[Si](C)(O[Si](C)(C)c4ccccc4)O[Si](C)(O1)O[Si](C)(O[Si](C)(C)c1ccccc1)O[Si](C)(O2)O[Si](C)(O[Si](C)(C)c1ccccc1)O3. The van der Waals surface area contributed by atoms with Crippen LogP contribution in [-0.4, -0.2) is 86.6 Å². The summed E-state index contributed by atoms with van der Waals surface area (Å²) in [5.41, 5.74) is 0. The van der Waals surface area contributed by atoms with Gasteiger partial charge in [-0.3, -0.25) is 0 Å². The molecule has 3 saturated heterocycles. The molecule has 0 N–H and O–H groups in total. The van der Waals surface area contributed by atoms with E-state index in [0.29, 0.717) is 0 Å². The third-order valence-corrected chi connectivity index (χ3v) is 51.5. The minimum Gasteiger partial charge on any atom is -0.412 e. The zero-order valence-electron chi connectivity index (χ0n) is 33.1. The standard InChI is InChI=1S/C31H54O12Si10/c1-44(2,29-23-17-14-18-24-29)32-47(7)35-50(10)37-48(8,33-45(3,4)30-25-19-15-20-26-30)39-52(12)40-49(9,34-46(5,6)31-27-21-16-22-28-31)38-51(11,36-47)42-53(13,41-50)43-52/h14-28H,1-13H3. The normalized spacial score (nSPS) is 36.8.